The lowest BCUT2D eigenvalue weighted by atomic mass is 9.84. The molecule has 124 valence electrons. The number of rotatable bonds is 6. The molecule has 0 spiro atoms. The highest BCUT2D eigenvalue weighted by molar-refractivity contribution is 7.91. The number of ether oxygens (including phenoxy) is 1. The fourth-order valence-corrected chi connectivity index (χ4v) is 4.75. The van der Waals surface area contributed by atoms with E-state index in [0.717, 1.165) is 11.3 Å². The highest BCUT2D eigenvalue weighted by atomic mass is 32.2. The van der Waals surface area contributed by atoms with Crippen LogP contribution < -0.4 is 4.72 Å². The minimum absolute atomic E-state index is 0.299. The summed E-state index contributed by atoms with van der Waals surface area (Å²) in [4.78, 5) is 11.9. The van der Waals surface area contributed by atoms with Crippen molar-refractivity contribution in [3.63, 3.8) is 0 Å². The maximum Gasteiger partial charge on any atom is 0.328 e. The predicted molar refractivity (Wildman–Crippen MR) is 79.8 cm³/mol. The van der Waals surface area contributed by atoms with Crippen LogP contribution in [0.25, 0.3) is 0 Å². The van der Waals surface area contributed by atoms with E-state index in [1.807, 2.05) is 6.92 Å². The molecular formula is C14H22N2O5S. The number of carbonyl (C=O) groups is 1. The summed E-state index contributed by atoms with van der Waals surface area (Å²) in [6, 6.07) is -0.371. The molecule has 2 rings (SSSR count). The second kappa shape index (κ2) is 6.00. The fraction of sp³-hybridized carbons (Fsp3) is 0.714. The Morgan fingerprint density at radius 3 is 2.50 bits per heavy atom. The van der Waals surface area contributed by atoms with E-state index in [-0.39, 0.29) is 6.04 Å². The maximum absolute atomic E-state index is 12.6. The van der Waals surface area contributed by atoms with Gasteiger partial charge in [-0.2, -0.15) is 0 Å². The quantitative estimate of drug-likeness (QED) is 0.788. The van der Waals surface area contributed by atoms with Crippen molar-refractivity contribution in [2.75, 3.05) is 7.11 Å². The smallest absolute Gasteiger partial charge is 0.328 e. The summed E-state index contributed by atoms with van der Waals surface area (Å²) in [5.74, 6) is -0.00865. The van der Waals surface area contributed by atoms with Crippen molar-refractivity contribution in [2.24, 2.45) is 0 Å². The standard InChI is InChI=1S/C14H22N2O5S/c1-9(8-12-10(2)15-21-11(12)3)16-22(18,19)14(6-5-7-14)13(17)20-4/h9,16H,5-8H2,1-4H3. The molecule has 0 radical (unpaired) electrons. The lowest BCUT2D eigenvalue weighted by Crippen LogP contribution is -2.58. The summed E-state index contributed by atoms with van der Waals surface area (Å²) in [5, 5.41) is 3.86. The molecule has 0 amide bonds. The summed E-state index contributed by atoms with van der Waals surface area (Å²) < 4.78 is 36.1. The predicted octanol–water partition coefficient (Wildman–Crippen LogP) is 1.24. The first kappa shape index (κ1) is 17.0. The first-order valence-corrected chi connectivity index (χ1v) is 8.74. The molecule has 1 atom stereocenters. The lowest BCUT2D eigenvalue weighted by molar-refractivity contribution is -0.146. The third-order valence-corrected chi connectivity index (χ3v) is 6.60. The topological polar surface area (TPSA) is 98.5 Å². The molecule has 1 aromatic heterocycles. The minimum atomic E-state index is -3.80. The first-order chi connectivity index (χ1) is 10.2. The summed E-state index contributed by atoms with van der Waals surface area (Å²) in [5.41, 5.74) is 1.63. The Bertz CT molecular complexity index is 641. The van der Waals surface area contributed by atoms with E-state index < -0.39 is 20.7 Å². The molecule has 1 heterocycles. The summed E-state index contributed by atoms with van der Waals surface area (Å²) in [6.45, 7) is 5.36. The van der Waals surface area contributed by atoms with Gasteiger partial charge in [-0.15, -0.1) is 0 Å². The van der Waals surface area contributed by atoms with Crippen LogP contribution in [0.15, 0.2) is 4.52 Å². The Labute approximate surface area is 130 Å². The highest BCUT2D eigenvalue weighted by Crippen LogP contribution is 2.40. The molecule has 0 aliphatic heterocycles. The van der Waals surface area contributed by atoms with Gasteiger partial charge in [-0.05, 0) is 46.5 Å². The van der Waals surface area contributed by atoms with Gasteiger partial charge in [-0.25, -0.2) is 13.1 Å². The van der Waals surface area contributed by atoms with Crippen molar-refractivity contribution in [3.05, 3.63) is 17.0 Å². The van der Waals surface area contributed by atoms with Gasteiger partial charge in [0.1, 0.15) is 5.76 Å². The van der Waals surface area contributed by atoms with Gasteiger partial charge in [0.2, 0.25) is 10.0 Å². The zero-order chi connectivity index (χ0) is 16.5. The Morgan fingerprint density at radius 2 is 2.09 bits per heavy atom. The van der Waals surface area contributed by atoms with Crippen molar-refractivity contribution in [3.8, 4) is 0 Å². The average Bonchev–Trinajstić information content (AvgIpc) is 2.67. The molecule has 8 heteroatoms. The normalized spacial score (nSPS) is 18.5. The zero-order valence-corrected chi connectivity index (χ0v) is 14.1. The van der Waals surface area contributed by atoms with Crippen molar-refractivity contribution < 1.29 is 22.5 Å². The minimum Gasteiger partial charge on any atom is -0.468 e. The molecule has 0 aromatic carbocycles. The second-order valence-electron chi connectivity index (χ2n) is 5.87. The molecule has 7 nitrogen and oxygen atoms in total. The van der Waals surface area contributed by atoms with Crippen molar-refractivity contribution in [1.29, 1.82) is 0 Å². The van der Waals surface area contributed by atoms with Crippen LogP contribution in [0.4, 0.5) is 0 Å². The Morgan fingerprint density at radius 1 is 1.45 bits per heavy atom. The first-order valence-electron chi connectivity index (χ1n) is 7.25. The molecule has 0 saturated heterocycles. The largest absolute Gasteiger partial charge is 0.468 e. The van der Waals surface area contributed by atoms with Crippen LogP contribution in [0.3, 0.4) is 0 Å². The monoisotopic (exact) mass is 330 g/mol. The van der Waals surface area contributed by atoms with E-state index in [4.69, 9.17) is 4.52 Å². The second-order valence-corrected chi connectivity index (χ2v) is 7.89. The summed E-state index contributed by atoms with van der Waals surface area (Å²) in [6.07, 6.45) is 1.76. The van der Waals surface area contributed by atoms with Crippen molar-refractivity contribution in [2.45, 2.75) is 57.2 Å². The SMILES string of the molecule is COC(=O)C1(S(=O)(=O)NC(C)Cc2c(C)noc2C)CCC1. The van der Waals surface area contributed by atoms with Gasteiger partial charge in [0.25, 0.3) is 0 Å². The van der Waals surface area contributed by atoms with Gasteiger partial charge in [-0.3, -0.25) is 4.79 Å². The van der Waals surface area contributed by atoms with Crippen LogP contribution in [0, 0.1) is 13.8 Å². The van der Waals surface area contributed by atoms with E-state index in [0.29, 0.717) is 31.4 Å². The van der Waals surface area contributed by atoms with Crippen molar-refractivity contribution >= 4 is 16.0 Å². The Kier molecular flexibility index (Phi) is 4.62. The lowest BCUT2D eigenvalue weighted by Gasteiger charge is -2.38. The molecule has 1 saturated carbocycles. The molecule has 1 unspecified atom stereocenters. The van der Waals surface area contributed by atoms with Crippen LogP contribution in [-0.4, -0.2) is 37.4 Å². The number of nitrogens with one attached hydrogen (secondary N) is 1. The fourth-order valence-electron chi connectivity index (χ4n) is 2.79. The van der Waals surface area contributed by atoms with E-state index in [2.05, 4.69) is 14.6 Å². The number of aryl methyl sites for hydroxylation is 2. The number of carbonyl (C=O) groups excluding carboxylic acids is 1. The van der Waals surface area contributed by atoms with E-state index >= 15 is 0 Å². The molecule has 22 heavy (non-hydrogen) atoms. The molecule has 1 N–H and O–H groups in total. The van der Waals surface area contributed by atoms with Gasteiger partial charge >= 0.3 is 5.97 Å². The van der Waals surface area contributed by atoms with E-state index in [9.17, 15) is 13.2 Å². The molecule has 1 aliphatic carbocycles. The molecule has 0 bridgehead atoms. The van der Waals surface area contributed by atoms with Crippen LogP contribution in [0.1, 0.15) is 43.2 Å². The summed E-state index contributed by atoms with van der Waals surface area (Å²) in [7, 11) is -2.59. The van der Waals surface area contributed by atoms with Crippen LogP contribution in [0.2, 0.25) is 0 Å². The number of nitrogens with zero attached hydrogens (tertiary/aromatic N) is 1. The molecule has 1 fully saturated rings. The summed E-state index contributed by atoms with van der Waals surface area (Å²) >= 11 is 0. The maximum atomic E-state index is 12.6. The number of methoxy groups -OCH3 is 1. The van der Waals surface area contributed by atoms with Gasteiger partial charge in [0, 0.05) is 11.6 Å². The number of aromatic nitrogens is 1. The molecule has 1 aromatic rings. The Balaban J connectivity index is 2.13. The number of esters is 1. The zero-order valence-electron chi connectivity index (χ0n) is 13.3. The number of hydrogen-bond acceptors (Lipinski definition) is 6. The highest BCUT2D eigenvalue weighted by Gasteiger charge is 2.56. The van der Waals surface area contributed by atoms with Gasteiger partial charge in [0.15, 0.2) is 4.75 Å². The third-order valence-electron chi connectivity index (χ3n) is 4.28. The Hall–Kier alpha value is -1.41. The van der Waals surface area contributed by atoms with E-state index in [1.54, 1.807) is 13.8 Å². The molecular weight excluding hydrogens is 308 g/mol. The number of hydrogen-bond donors (Lipinski definition) is 1. The number of sulfonamides is 1. The van der Waals surface area contributed by atoms with Gasteiger partial charge in [0.05, 0.1) is 12.8 Å². The van der Waals surface area contributed by atoms with Gasteiger partial charge in [-0.1, -0.05) is 5.16 Å². The van der Waals surface area contributed by atoms with Gasteiger partial charge < -0.3 is 9.26 Å². The van der Waals surface area contributed by atoms with Crippen LogP contribution in [0.5, 0.6) is 0 Å². The van der Waals surface area contributed by atoms with Crippen LogP contribution >= 0.6 is 0 Å². The molecule has 1 aliphatic rings. The van der Waals surface area contributed by atoms with E-state index in [1.165, 1.54) is 7.11 Å². The van der Waals surface area contributed by atoms with Crippen LogP contribution in [-0.2, 0) is 26.0 Å². The third kappa shape index (κ3) is 2.77. The average molecular weight is 330 g/mol. The van der Waals surface area contributed by atoms with Crippen molar-refractivity contribution in [1.82, 2.24) is 9.88 Å².